The standard InChI is InChI=1S/C23H24ClNO4/c1-14-4-9-18(16-5-7-17(24)8-6-16)15(2)19(14)20-21(26)23(29-22(20)27)10-12-25(28-3)13-11-23/h4-9,20H,10-13H2,1-3H3. The molecule has 152 valence electrons. The van der Waals surface area contributed by atoms with Crippen LogP contribution in [-0.2, 0) is 19.2 Å². The van der Waals surface area contributed by atoms with Gasteiger partial charge in [0.1, 0.15) is 5.92 Å². The molecule has 0 N–H and O–H groups in total. The molecule has 2 aliphatic heterocycles. The van der Waals surface area contributed by atoms with Crippen LogP contribution in [0.1, 0.15) is 35.4 Å². The molecule has 6 heteroatoms. The number of piperidine rings is 1. The van der Waals surface area contributed by atoms with Crippen LogP contribution in [0, 0.1) is 13.8 Å². The molecule has 0 saturated carbocycles. The lowest BCUT2D eigenvalue weighted by molar-refractivity contribution is -0.184. The molecule has 2 saturated heterocycles. The van der Waals surface area contributed by atoms with Gasteiger partial charge < -0.3 is 9.57 Å². The van der Waals surface area contributed by atoms with Crippen LogP contribution in [0.2, 0.25) is 5.02 Å². The molecule has 2 aromatic carbocycles. The predicted molar refractivity (Wildman–Crippen MR) is 111 cm³/mol. The fourth-order valence-corrected chi connectivity index (χ4v) is 4.68. The van der Waals surface area contributed by atoms with Crippen LogP contribution < -0.4 is 0 Å². The Bertz CT molecular complexity index is 962. The van der Waals surface area contributed by atoms with E-state index in [2.05, 4.69) is 0 Å². The average molecular weight is 414 g/mol. The number of carbonyl (C=O) groups excluding carboxylic acids is 2. The third kappa shape index (κ3) is 3.37. The van der Waals surface area contributed by atoms with Gasteiger partial charge in [0, 0.05) is 31.0 Å². The highest BCUT2D eigenvalue weighted by Gasteiger charge is 2.57. The summed E-state index contributed by atoms with van der Waals surface area (Å²) < 4.78 is 5.75. The molecule has 0 aromatic heterocycles. The van der Waals surface area contributed by atoms with E-state index >= 15 is 0 Å². The Morgan fingerprint density at radius 3 is 2.34 bits per heavy atom. The molecule has 1 unspecified atom stereocenters. The van der Waals surface area contributed by atoms with Gasteiger partial charge in [-0.05, 0) is 53.8 Å². The van der Waals surface area contributed by atoms with Crippen LogP contribution in [0.3, 0.4) is 0 Å². The Morgan fingerprint density at radius 2 is 1.72 bits per heavy atom. The minimum atomic E-state index is -1.04. The number of nitrogens with zero attached hydrogens (tertiary/aromatic N) is 1. The first-order valence-electron chi connectivity index (χ1n) is 9.78. The summed E-state index contributed by atoms with van der Waals surface area (Å²) in [6, 6.07) is 11.5. The van der Waals surface area contributed by atoms with E-state index in [1.165, 1.54) is 0 Å². The topological polar surface area (TPSA) is 55.8 Å². The molecule has 29 heavy (non-hydrogen) atoms. The maximum Gasteiger partial charge on any atom is 0.322 e. The lowest BCUT2D eigenvalue weighted by Crippen LogP contribution is -2.48. The second-order valence-corrected chi connectivity index (χ2v) is 8.24. The van der Waals surface area contributed by atoms with E-state index < -0.39 is 17.5 Å². The highest BCUT2D eigenvalue weighted by Crippen LogP contribution is 2.43. The number of esters is 1. The van der Waals surface area contributed by atoms with E-state index in [-0.39, 0.29) is 5.78 Å². The van der Waals surface area contributed by atoms with E-state index in [9.17, 15) is 9.59 Å². The fraction of sp³-hybridized carbons (Fsp3) is 0.391. The zero-order valence-electron chi connectivity index (χ0n) is 16.8. The largest absolute Gasteiger partial charge is 0.450 e. The number of Topliss-reactive ketones (excluding diaryl/α,β-unsaturated/α-hetero) is 1. The number of rotatable bonds is 3. The molecule has 0 bridgehead atoms. The molecule has 2 aromatic rings. The Kier molecular flexibility index (Phi) is 5.23. The van der Waals surface area contributed by atoms with Crippen molar-refractivity contribution >= 4 is 23.4 Å². The lowest BCUT2D eigenvalue weighted by Gasteiger charge is -2.35. The fourth-order valence-electron chi connectivity index (χ4n) is 4.55. The minimum Gasteiger partial charge on any atom is -0.450 e. The van der Waals surface area contributed by atoms with Gasteiger partial charge >= 0.3 is 5.97 Å². The summed E-state index contributed by atoms with van der Waals surface area (Å²) in [5.41, 5.74) is 3.55. The van der Waals surface area contributed by atoms with Gasteiger partial charge in [-0.3, -0.25) is 9.59 Å². The molecule has 2 fully saturated rings. The number of hydrogen-bond acceptors (Lipinski definition) is 5. The number of aryl methyl sites for hydroxylation is 1. The molecule has 2 aliphatic rings. The molecule has 2 heterocycles. The number of carbonyl (C=O) groups is 2. The van der Waals surface area contributed by atoms with Crippen molar-refractivity contribution in [3.63, 3.8) is 0 Å². The van der Waals surface area contributed by atoms with Crippen LogP contribution >= 0.6 is 11.6 Å². The quantitative estimate of drug-likeness (QED) is 0.556. The van der Waals surface area contributed by atoms with Crippen molar-refractivity contribution in [2.45, 2.75) is 38.2 Å². The van der Waals surface area contributed by atoms with Crippen LogP contribution in [0.15, 0.2) is 36.4 Å². The van der Waals surface area contributed by atoms with E-state index in [0.717, 1.165) is 27.8 Å². The summed E-state index contributed by atoms with van der Waals surface area (Å²) in [6.07, 6.45) is 0.910. The predicted octanol–water partition coefficient (Wildman–Crippen LogP) is 4.23. The van der Waals surface area contributed by atoms with Gasteiger partial charge in [0.25, 0.3) is 0 Å². The lowest BCUT2D eigenvalue weighted by atomic mass is 9.78. The first kappa shape index (κ1) is 20.1. The number of benzene rings is 2. The Morgan fingerprint density at radius 1 is 1.07 bits per heavy atom. The van der Waals surface area contributed by atoms with E-state index in [0.29, 0.717) is 31.0 Å². The van der Waals surface area contributed by atoms with Crippen LogP contribution in [0.5, 0.6) is 0 Å². The molecule has 4 rings (SSSR count). The van der Waals surface area contributed by atoms with Crippen molar-refractivity contribution < 1.29 is 19.2 Å². The average Bonchev–Trinajstić information content (AvgIpc) is 2.94. The number of hydroxylamine groups is 2. The van der Waals surface area contributed by atoms with Gasteiger partial charge in [-0.2, -0.15) is 5.06 Å². The minimum absolute atomic E-state index is 0.127. The molecule has 0 aliphatic carbocycles. The zero-order chi connectivity index (χ0) is 20.8. The summed E-state index contributed by atoms with van der Waals surface area (Å²) in [4.78, 5) is 31.6. The Labute approximate surface area is 175 Å². The molecular weight excluding hydrogens is 390 g/mol. The normalized spacial score (nSPS) is 21.6. The summed E-state index contributed by atoms with van der Waals surface area (Å²) in [7, 11) is 1.61. The van der Waals surface area contributed by atoms with Crippen molar-refractivity contribution in [2.75, 3.05) is 20.2 Å². The third-order valence-electron chi connectivity index (χ3n) is 6.21. The summed E-state index contributed by atoms with van der Waals surface area (Å²) in [5.74, 6) is -1.45. The maximum absolute atomic E-state index is 13.5. The molecule has 5 nitrogen and oxygen atoms in total. The smallest absolute Gasteiger partial charge is 0.322 e. The van der Waals surface area contributed by atoms with Crippen LogP contribution in [-0.4, -0.2) is 42.6 Å². The Balaban J connectivity index is 1.73. The number of ether oxygens (including phenoxy) is 1. The van der Waals surface area contributed by atoms with Gasteiger partial charge in [-0.1, -0.05) is 35.9 Å². The molecular formula is C23H24ClNO4. The summed E-state index contributed by atoms with van der Waals surface area (Å²) in [6.45, 7) is 5.02. The summed E-state index contributed by atoms with van der Waals surface area (Å²) >= 11 is 6.02. The number of ketones is 1. The molecule has 1 atom stereocenters. The number of halogens is 1. The third-order valence-corrected chi connectivity index (χ3v) is 6.46. The van der Waals surface area contributed by atoms with Crippen molar-refractivity contribution in [3.8, 4) is 11.1 Å². The van der Waals surface area contributed by atoms with Gasteiger partial charge in [-0.25, -0.2) is 0 Å². The van der Waals surface area contributed by atoms with Gasteiger partial charge in [-0.15, -0.1) is 0 Å². The monoisotopic (exact) mass is 413 g/mol. The maximum atomic E-state index is 13.5. The van der Waals surface area contributed by atoms with E-state index in [1.807, 2.05) is 50.2 Å². The van der Waals surface area contributed by atoms with Gasteiger partial charge in [0.15, 0.2) is 11.4 Å². The number of hydrogen-bond donors (Lipinski definition) is 0. The SMILES string of the molecule is CON1CCC2(CC1)OC(=O)C(c1c(C)ccc(-c3ccc(Cl)cc3)c1C)C2=O. The molecule has 1 spiro atoms. The van der Waals surface area contributed by atoms with Gasteiger partial charge in [0.05, 0.1) is 7.11 Å². The summed E-state index contributed by atoms with van der Waals surface area (Å²) in [5, 5.41) is 2.45. The zero-order valence-corrected chi connectivity index (χ0v) is 17.6. The first-order valence-corrected chi connectivity index (χ1v) is 10.2. The van der Waals surface area contributed by atoms with E-state index in [4.69, 9.17) is 21.2 Å². The van der Waals surface area contributed by atoms with Crippen LogP contribution in [0.4, 0.5) is 0 Å². The first-order chi connectivity index (χ1) is 13.9. The van der Waals surface area contributed by atoms with E-state index in [1.54, 1.807) is 12.2 Å². The van der Waals surface area contributed by atoms with Gasteiger partial charge in [0.2, 0.25) is 0 Å². The van der Waals surface area contributed by atoms with Crippen molar-refractivity contribution in [1.82, 2.24) is 5.06 Å². The Hall–Kier alpha value is -2.21. The van der Waals surface area contributed by atoms with Crippen LogP contribution in [0.25, 0.3) is 11.1 Å². The van der Waals surface area contributed by atoms with Crippen molar-refractivity contribution in [2.24, 2.45) is 0 Å². The second kappa shape index (κ2) is 7.56. The highest BCUT2D eigenvalue weighted by atomic mass is 35.5. The molecule has 0 amide bonds. The second-order valence-electron chi connectivity index (χ2n) is 7.80. The molecule has 0 radical (unpaired) electrons. The van der Waals surface area contributed by atoms with Crippen molar-refractivity contribution in [1.29, 1.82) is 0 Å². The van der Waals surface area contributed by atoms with Crippen molar-refractivity contribution in [3.05, 3.63) is 58.1 Å². The highest BCUT2D eigenvalue weighted by molar-refractivity contribution is 6.30.